The van der Waals surface area contributed by atoms with Crippen molar-refractivity contribution < 1.29 is 17.9 Å². The number of carbonyl (C=O) groups is 1. The third-order valence-electron chi connectivity index (χ3n) is 4.15. The van der Waals surface area contributed by atoms with Gasteiger partial charge < -0.3 is 10.1 Å². The molecule has 29 heavy (non-hydrogen) atoms. The fourth-order valence-electron chi connectivity index (χ4n) is 2.72. The summed E-state index contributed by atoms with van der Waals surface area (Å²) in [6.07, 6.45) is 0.612. The number of hydrogen-bond donors (Lipinski definition) is 2. The summed E-state index contributed by atoms with van der Waals surface area (Å²) in [6.45, 7) is 2.09. The Hall–Kier alpha value is -2.91. The molecule has 1 aromatic heterocycles. The number of hydrogen-bond acceptors (Lipinski definition) is 6. The minimum absolute atomic E-state index is 0.135. The number of carbonyl (C=O) groups excluding carboxylic acids is 1. The monoisotopic (exact) mass is 431 g/mol. The molecule has 0 unspecified atom stereocenters. The van der Waals surface area contributed by atoms with E-state index in [1.54, 1.807) is 32.2 Å². The molecule has 0 aliphatic heterocycles. The molecule has 2 N–H and O–H groups in total. The molecule has 0 spiro atoms. The Morgan fingerprint density at radius 1 is 1.10 bits per heavy atom. The summed E-state index contributed by atoms with van der Waals surface area (Å²) in [6, 6.07) is 15.6. The highest BCUT2D eigenvalue weighted by Crippen LogP contribution is 2.25. The van der Waals surface area contributed by atoms with E-state index in [-0.39, 0.29) is 15.9 Å². The molecule has 0 radical (unpaired) electrons. The molecule has 0 bridgehead atoms. The molecule has 2 aromatic carbocycles. The predicted octanol–water partition coefficient (Wildman–Crippen LogP) is 3.23. The number of sulfonamides is 1. The smallest absolute Gasteiger partial charge is 0.263 e. The van der Waals surface area contributed by atoms with Crippen molar-refractivity contribution in [3.63, 3.8) is 0 Å². The first-order valence-corrected chi connectivity index (χ1v) is 11.2. The van der Waals surface area contributed by atoms with Crippen LogP contribution in [0.15, 0.2) is 59.5 Å². The van der Waals surface area contributed by atoms with E-state index in [0.717, 1.165) is 22.6 Å². The Labute approximate surface area is 173 Å². The first kappa shape index (κ1) is 20.8. The maximum absolute atomic E-state index is 12.5. The third-order valence-corrected chi connectivity index (χ3v) is 6.71. The Morgan fingerprint density at radius 2 is 1.79 bits per heavy atom. The summed E-state index contributed by atoms with van der Waals surface area (Å²) < 4.78 is 32.6. The molecule has 0 saturated carbocycles. The molecule has 0 fully saturated rings. The van der Waals surface area contributed by atoms with Crippen molar-refractivity contribution in [1.29, 1.82) is 0 Å². The molecule has 7 nitrogen and oxygen atoms in total. The highest BCUT2D eigenvalue weighted by molar-refractivity contribution is 7.93. The van der Waals surface area contributed by atoms with Gasteiger partial charge in [-0.1, -0.05) is 47.7 Å². The van der Waals surface area contributed by atoms with Crippen molar-refractivity contribution in [2.24, 2.45) is 0 Å². The van der Waals surface area contributed by atoms with Crippen LogP contribution in [0.5, 0.6) is 5.75 Å². The first-order valence-electron chi connectivity index (χ1n) is 8.86. The van der Waals surface area contributed by atoms with E-state index in [4.69, 9.17) is 4.74 Å². The van der Waals surface area contributed by atoms with Crippen LogP contribution in [0.2, 0.25) is 0 Å². The average molecular weight is 432 g/mol. The molecule has 0 saturated heterocycles. The van der Waals surface area contributed by atoms with Gasteiger partial charge in [-0.3, -0.25) is 9.52 Å². The van der Waals surface area contributed by atoms with Crippen LogP contribution in [0.1, 0.15) is 20.9 Å². The Morgan fingerprint density at radius 3 is 2.52 bits per heavy atom. The van der Waals surface area contributed by atoms with Crippen LogP contribution in [0.3, 0.4) is 0 Å². The van der Waals surface area contributed by atoms with E-state index in [1.165, 1.54) is 12.1 Å². The number of anilines is 1. The Kier molecular flexibility index (Phi) is 6.50. The normalized spacial score (nSPS) is 11.1. The van der Waals surface area contributed by atoms with Gasteiger partial charge in [-0.05, 0) is 37.1 Å². The zero-order chi connectivity index (χ0) is 20.9. The quantitative estimate of drug-likeness (QED) is 0.571. The van der Waals surface area contributed by atoms with Crippen molar-refractivity contribution in [3.8, 4) is 5.75 Å². The number of aryl methyl sites for hydroxylation is 1. The van der Waals surface area contributed by atoms with Crippen molar-refractivity contribution in [2.75, 3.05) is 18.4 Å². The maximum Gasteiger partial charge on any atom is 0.263 e. The summed E-state index contributed by atoms with van der Waals surface area (Å²) in [5.74, 6) is 0.480. The molecule has 3 aromatic rings. The van der Waals surface area contributed by atoms with Crippen LogP contribution in [-0.4, -0.2) is 33.0 Å². The summed E-state index contributed by atoms with van der Waals surface area (Å²) >= 11 is 1.00. The van der Waals surface area contributed by atoms with E-state index in [9.17, 15) is 13.2 Å². The number of aromatic nitrogens is 1. The molecular formula is C20H21N3O4S2. The second-order valence-electron chi connectivity index (χ2n) is 6.17. The van der Waals surface area contributed by atoms with E-state index in [1.807, 2.05) is 24.3 Å². The van der Waals surface area contributed by atoms with Gasteiger partial charge in [0.25, 0.3) is 15.9 Å². The van der Waals surface area contributed by atoms with Crippen LogP contribution in [-0.2, 0) is 16.4 Å². The van der Waals surface area contributed by atoms with Crippen LogP contribution >= 0.6 is 11.3 Å². The molecule has 0 aliphatic carbocycles. The summed E-state index contributed by atoms with van der Waals surface area (Å²) in [7, 11) is -2.14. The fraction of sp³-hybridized carbons (Fsp3) is 0.200. The van der Waals surface area contributed by atoms with E-state index >= 15 is 0 Å². The number of methoxy groups -OCH3 is 1. The van der Waals surface area contributed by atoms with E-state index in [2.05, 4.69) is 15.0 Å². The summed E-state index contributed by atoms with van der Waals surface area (Å²) in [5.41, 5.74) is 1.46. The number of nitrogens with zero attached hydrogens (tertiary/aromatic N) is 1. The van der Waals surface area contributed by atoms with Crippen molar-refractivity contribution >= 4 is 32.4 Å². The Bertz CT molecular complexity index is 1100. The topological polar surface area (TPSA) is 97.4 Å². The van der Waals surface area contributed by atoms with Gasteiger partial charge in [0.05, 0.1) is 17.7 Å². The molecule has 1 amide bonds. The third kappa shape index (κ3) is 5.12. The van der Waals surface area contributed by atoms with Gasteiger partial charge in [0.1, 0.15) is 10.6 Å². The highest BCUT2D eigenvalue weighted by Gasteiger charge is 2.20. The van der Waals surface area contributed by atoms with Crippen LogP contribution in [0.4, 0.5) is 5.13 Å². The van der Waals surface area contributed by atoms with Gasteiger partial charge in [-0.2, -0.15) is 0 Å². The Balaban J connectivity index is 1.64. The number of nitrogens with one attached hydrogen (secondary N) is 2. The molecule has 0 atom stereocenters. The van der Waals surface area contributed by atoms with Gasteiger partial charge >= 0.3 is 0 Å². The van der Waals surface area contributed by atoms with Crippen LogP contribution < -0.4 is 14.8 Å². The van der Waals surface area contributed by atoms with Crippen molar-refractivity contribution in [2.45, 2.75) is 18.2 Å². The second kappa shape index (κ2) is 9.06. The number of rotatable bonds is 8. The van der Waals surface area contributed by atoms with Crippen LogP contribution in [0.25, 0.3) is 0 Å². The number of thiazole rings is 1. The maximum atomic E-state index is 12.5. The van der Waals surface area contributed by atoms with Gasteiger partial charge in [0.2, 0.25) is 0 Å². The molecule has 3 rings (SSSR count). The van der Waals surface area contributed by atoms with E-state index in [0.29, 0.717) is 23.5 Å². The largest absolute Gasteiger partial charge is 0.496 e. The number of ether oxygens (including phenoxy) is 1. The van der Waals surface area contributed by atoms with Gasteiger partial charge in [0.15, 0.2) is 5.13 Å². The van der Waals surface area contributed by atoms with Crippen LogP contribution in [0, 0.1) is 6.92 Å². The minimum Gasteiger partial charge on any atom is -0.496 e. The van der Waals surface area contributed by atoms with Gasteiger partial charge in [0, 0.05) is 6.54 Å². The molecule has 9 heteroatoms. The SMILES string of the molecule is COc1ccccc1CCNC(=O)c1sc(NS(=O)(=O)c2ccccc2)nc1C. The first-order chi connectivity index (χ1) is 13.9. The van der Waals surface area contributed by atoms with Crippen molar-refractivity contribution in [3.05, 3.63) is 70.7 Å². The van der Waals surface area contributed by atoms with Gasteiger partial charge in [-0.15, -0.1) is 0 Å². The highest BCUT2D eigenvalue weighted by atomic mass is 32.2. The zero-order valence-electron chi connectivity index (χ0n) is 16.0. The fourth-order valence-corrected chi connectivity index (χ4v) is 4.86. The number of benzene rings is 2. The molecule has 0 aliphatic rings. The lowest BCUT2D eigenvalue weighted by atomic mass is 10.1. The lowest BCUT2D eigenvalue weighted by Gasteiger charge is -2.08. The molecule has 1 heterocycles. The second-order valence-corrected chi connectivity index (χ2v) is 8.85. The molecular weight excluding hydrogens is 410 g/mol. The lowest BCUT2D eigenvalue weighted by molar-refractivity contribution is 0.0957. The standard InChI is InChI=1S/C20H21N3O4S2/c1-14-18(19(24)21-13-12-15-8-6-7-11-17(15)27-2)28-20(22-14)23-29(25,26)16-9-4-3-5-10-16/h3-11H,12-13H2,1-2H3,(H,21,24)(H,22,23). The average Bonchev–Trinajstić information content (AvgIpc) is 3.08. The number of amides is 1. The zero-order valence-corrected chi connectivity index (χ0v) is 17.6. The minimum atomic E-state index is -3.75. The summed E-state index contributed by atoms with van der Waals surface area (Å²) in [4.78, 5) is 17.2. The lowest BCUT2D eigenvalue weighted by Crippen LogP contribution is -2.25. The predicted molar refractivity (Wildman–Crippen MR) is 113 cm³/mol. The van der Waals surface area contributed by atoms with Gasteiger partial charge in [-0.25, -0.2) is 13.4 Å². The van der Waals surface area contributed by atoms with Crippen molar-refractivity contribution in [1.82, 2.24) is 10.3 Å². The number of para-hydroxylation sites is 1. The summed E-state index contributed by atoms with van der Waals surface area (Å²) in [5, 5.41) is 3.00. The molecule has 152 valence electrons. The van der Waals surface area contributed by atoms with E-state index < -0.39 is 10.0 Å².